The van der Waals surface area contributed by atoms with E-state index < -0.39 is 21.9 Å². The fourth-order valence-electron chi connectivity index (χ4n) is 2.25. The summed E-state index contributed by atoms with van der Waals surface area (Å²) in [4.78, 5) is 23.1. The average molecular weight is 374 g/mol. The molecule has 0 aromatic heterocycles. The number of anilines is 1. The summed E-state index contributed by atoms with van der Waals surface area (Å²) in [6.07, 6.45) is 1.51. The van der Waals surface area contributed by atoms with Crippen molar-refractivity contribution >= 4 is 27.6 Å². The molecule has 26 heavy (non-hydrogen) atoms. The number of amides is 1. The molecule has 8 heteroatoms. The van der Waals surface area contributed by atoms with E-state index in [1.807, 2.05) is 0 Å². The van der Waals surface area contributed by atoms with Crippen molar-refractivity contribution in [2.75, 3.05) is 11.3 Å². The first kappa shape index (κ1) is 19.2. The van der Waals surface area contributed by atoms with Gasteiger partial charge in [0.2, 0.25) is 0 Å². The van der Waals surface area contributed by atoms with Crippen LogP contribution in [0.25, 0.3) is 0 Å². The molecule has 0 aliphatic rings. The Morgan fingerprint density at radius 3 is 2.54 bits per heavy atom. The van der Waals surface area contributed by atoms with Gasteiger partial charge in [-0.15, -0.1) is 6.58 Å². The minimum atomic E-state index is -4.09. The summed E-state index contributed by atoms with van der Waals surface area (Å²) in [6, 6.07) is 9.96. The fourth-order valence-corrected chi connectivity index (χ4v) is 3.60. The van der Waals surface area contributed by atoms with Crippen molar-refractivity contribution in [3.8, 4) is 0 Å². The van der Waals surface area contributed by atoms with Crippen LogP contribution in [0.5, 0.6) is 0 Å². The summed E-state index contributed by atoms with van der Waals surface area (Å²) in [6.45, 7) is 5.30. The van der Waals surface area contributed by atoms with E-state index in [1.165, 1.54) is 30.3 Å². The molecular weight excluding hydrogens is 356 g/mol. The summed E-state index contributed by atoms with van der Waals surface area (Å²) in [7, 11) is -4.09. The van der Waals surface area contributed by atoms with Crippen LogP contribution in [0, 0.1) is 6.92 Å². The van der Waals surface area contributed by atoms with Gasteiger partial charge in [0.15, 0.2) is 0 Å². The van der Waals surface area contributed by atoms with Crippen molar-refractivity contribution in [1.82, 2.24) is 5.32 Å². The van der Waals surface area contributed by atoms with Gasteiger partial charge in [-0.25, -0.2) is 13.2 Å². The molecule has 0 heterocycles. The van der Waals surface area contributed by atoms with Gasteiger partial charge in [-0.2, -0.15) is 0 Å². The van der Waals surface area contributed by atoms with Crippen molar-refractivity contribution in [1.29, 1.82) is 0 Å². The molecule has 2 aromatic carbocycles. The number of aryl methyl sites for hydroxylation is 1. The van der Waals surface area contributed by atoms with Crippen LogP contribution in [0.1, 0.15) is 26.3 Å². The lowest BCUT2D eigenvalue weighted by Crippen LogP contribution is -2.25. The lowest BCUT2D eigenvalue weighted by atomic mass is 10.1. The van der Waals surface area contributed by atoms with Gasteiger partial charge in [0, 0.05) is 6.54 Å². The average Bonchev–Trinajstić information content (AvgIpc) is 2.59. The number of carbonyl (C=O) groups is 2. The van der Waals surface area contributed by atoms with Crippen LogP contribution in [0.4, 0.5) is 5.69 Å². The first-order valence-corrected chi connectivity index (χ1v) is 9.09. The second kappa shape index (κ2) is 7.83. The summed E-state index contributed by atoms with van der Waals surface area (Å²) < 4.78 is 27.8. The summed E-state index contributed by atoms with van der Waals surface area (Å²) in [5, 5.41) is 11.7. The molecule has 1 amide bonds. The maximum Gasteiger partial charge on any atom is 0.335 e. The van der Waals surface area contributed by atoms with Gasteiger partial charge < -0.3 is 10.4 Å². The topological polar surface area (TPSA) is 113 Å². The first-order chi connectivity index (χ1) is 12.3. The molecule has 0 atom stereocenters. The van der Waals surface area contributed by atoms with E-state index in [2.05, 4.69) is 16.6 Å². The number of rotatable bonds is 7. The predicted molar refractivity (Wildman–Crippen MR) is 97.9 cm³/mol. The molecule has 0 aliphatic heterocycles. The van der Waals surface area contributed by atoms with E-state index in [0.717, 1.165) is 6.07 Å². The van der Waals surface area contributed by atoms with Crippen molar-refractivity contribution < 1.29 is 23.1 Å². The zero-order chi connectivity index (χ0) is 19.3. The summed E-state index contributed by atoms with van der Waals surface area (Å²) in [5.74, 6) is -1.69. The van der Waals surface area contributed by atoms with Crippen LogP contribution < -0.4 is 10.0 Å². The van der Waals surface area contributed by atoms with Gasteiger partial charge in [-0.05, 0) is 36.8 Å². The number of aromatic carboxylic acids is 1. The number of carbonyl (C=O) groups excluding carboxylic acids is 1. The Hall–Kier alpha value is -3.13. The van der Waals surface area contributed by atoms with E-state index in [4.69, 9.17) is 5.11 Å². The van der Waals surface area contributed by atoms with Crippen molar-refractivity contribution in [2.45, 2.75) is 11.8 Å². The Bertz CT molecular complexity index is 967. The van der Waals surface area contributed by atoms with Crippen LogP contribution in [0.15, 0.2) is 60.0 Å². The van der Waals surface area contributed by atoms with Crippen LogP contribution >= 0.6 is 0 Å². The maximum absolute atomic E-state index is 12.7. The SMILES string of the molecule is C=CCNC(=O)c1ccccc1NS(=O)(=O)c1cc(C(=O)O)ccc1C. The number of carboxylic acid groups (broad SMARTS) is 1. The monoisotopic (exact) mass is 374 g/mol. The molecule has 0 saturated carbocycles. The van der Waals surface area contributed by atoms with Crippen molar-refractivity contribution in [3.63, 3.8) is 0 Å². The molecule has 0 saturated heterocycles. The van der Waals surface area contributed by atoms with Crippen molar-refractivity contribution in [3.05, 3.63) is 71.8 Å². The molecule has 0 fully saturated rings. The Kier molecular flexibility index (Phi) is 5.78. The number of benzene rings is 2. The van der Waals surface area contributed by atoms with Crippen LogP contribution in [0.3, 0.4) is 0 Å². The number of carboxylic acids is 1. The highest BCUT2D eigenvalue weighted by Crippen LogP contribution is 2.23. The zero-order valence-corrected chi connectivity index (χ0v) is 14.8. The molecule has 0 spiro atoms. The van der Waals surface area contributed by atoms with Crippen LogP contribution in [-0.2, 0) is 10.0 Å². The van der Waals surface area contributed by atoms with Gasteiger partial charge in [0.25, 0.3) is 15.9 Å². The fraction of sp³-hybridized carbons (Fsp3) is 0.111. The van der Waals surface area contributed by atoms with E-state index in [9.17, 15) is 18.0 Å². The molecule has 136 valence electrons. The predicted octanol–water partition coefficient (Wildman–Crippen LogP) is 2.41. The third kappa shape index (κ3) is 4.28. The van der Waals surface area contributed by atoms with E-state index >= 15 is 0 Å². The zero-order valence-electron chi connectivity index (χ0n) is 14.0. The van der Waals surface area contributed by atoms with Crippen LogP contribution in [0.2, 0.25) is 0 Å². The minimum Gasteiger partial charge on any atom is -0.478 e. The highest BCUT2D eigenvalue weighted by molar-refractivity contribution is 7.92. The van der Waals surface area contributed by atoms with E-state index in [-0.39, 0.29) is 28.3 Å². The molecule has 7 nitrogen and oxygen atoms in total. The highest BCUT2D eigenvalue weighted by Gasteiger charge is 2.21. The lowest BCUT2D eigenvalue weighted by Gasteiger charge is -2.14. The number of nitrogens with one attached hydrogen (secondary N) is 2. The normalized spacial score (nSPS) is 10.8. The maximum atomic E-state index is 12.7. The Balaban J connectivity index is 2.42. The highest BCUT2D eigenvalue weighted by atomic mass is 32.2. The molecule has 0 unspecified atom stereocenters. The van der Waals surface area contributed by atoms with E-state index in [0.29, 0.717) is 5.56 Å². The van der Waals surface area contributed by atoms with Gasteiger partial charge in [0.05, 0.1) is 21.7 Å². The second-order valence-electron chi connectivity index (χ2n) is 5.44. The third-order valence-corrected chi connectivity index (χ3v) is 5.06. The van der Waals surface area contributed by atoms with Gasteiger partial charge in [0.1, 0.15) is 0 Å². The first-order valence-electron chi connectivity index (χ1n) is 7.61. The molecule has 2 aromatic rings. The Morgan fingerprint density at radius 1 is 1.19 bits per heavy atom. The number of sulfonamides is 1. The van der Waals surface area contributed by atoms with Crippen LogP contribution in [-0.4, -0.2) is 31.9 Å². The minimum absolute atomic E-state index is 0.0918. The van der Waals surface area contributed by atoms with Gasteiger partial charge in [-0.3, -0.25) is 9.52 Å². The lowest BCUT2D eigenvalue weighted by molar-refractivity contribution is 0.0696. The number of hydrogen-bond donors (Lipinski definition) is 3. The van der Waals surface area contributed by atoms with Gasteiger partial charge in [-0.1, -0.05) is 24.3 Å². The van der Waals surface area contributed by atoms with Gasteiger partial charge >= 0.3 is 5.97 Å². The molecular formula is C18H18N2O5S. The standard InChI is InChI=1S/C18H18N2O5S/c1-3-10-19-17(21)14-6-4-5-7-15(14)20-26(24,25)16-11-13(18(22)23)9-8-12(16)2/h3-9,11,20H,1,10H2,2H3,(H,19,21)(H,22,23). The number of para-hydroxylation sites is 1. The molecule has 0 bridgehead atoms. The third-order valence-electron chi connectivity index (χ3n) is 3.55. The number of hydrogen-bond acceptors (Lipinski definition) is 4. The summed E-state index contributed by atoms with van der Waals surface area (Å²) >= 11 is 0. The van der Waals surface area contributed by atoms with Crippen molar-refractivity contribution in [2.24, 2.45) is 0 Å². The largest absolute Gasteiger partial charge is 0.478 e. The quantitative estimate of drug-likeness (QED) is 0.644. The molecule has 2 rings (SSSR count). The smallest absolute Gasteiger partial charge is 0.335 e. The Labute approximate surface area is 151 Å². The summed E-state index contributed by atoms with van der Waals surface area (Å²) in [5.41, 5.74) is 0.475. The Morgan fingerprint density at radius 2 is 1.88 bits per heavy atom. The molecule has 3 N–H and O–H groups in total. The van der Waals surface area contributed by atoms with E-state index in [1.54, 1.807) is 19.1 Å². The molecule has 0 aliphatic carbocycles. The molecule has 0 radical (unpaired) electrons. The second-order valence-corrected chi connectivity index (χ2v) is 7.09.